The Morgan fingerprint density at radius 2 is 1.92 bits per heavy atom. The normalized spacial score (nSPS) is 16.5. The second kappa shape index (κ2) is 5.80. The summed E-state index contributed by atoms with van der Waals surface area (Å²) >= 11 is 2.32. The van der Waals surface area contributed by atoms with Crippen LogP contribution in [0.5, 0.6) is 0 Å². The molecule has 0 saturated heterocycles. The fourth-order valence-electron chi connectivity index (χ4n) is 3.36. The largest absolute Gasteiger partial charge is 0.433 e. The second-order valence-electron chi connectivity index (χ2n) is 7.01. The molecule has 26 heavy (non-hydrogen) atoms. The third kappa shape index (κ3) is 2.91. The van der Waals surface area contributed by atoms with Gasteiger partial charge in [0.25, 0.3) is 0 Å². The number of aromatic nitrogens is 2. The van der Waals surface area contributed by atoms with E-state index >= 15 is 0 Å². The van der Waals surface area contributed by atoms with Crippen LogP contribution >= 0.6 is 22.6 Å². The van der Waals surface area contributed by atoms with Gasteiger partial charge in [-0.15, -0.1) is 0 Å². The number of halogens is 4. The fraction of sp³-hybridized carbons (Fsp3) is 0.263. The number of hydrogen-bond donors (Lipinski definition) is 0. The molecule has 3 heterocycles. The summed E-state index contributed by atoms with van der Waals surface area (Å²) in [5.74, 6) is 0. The van der Waals surface area contributed by atoms with Crippen LogP contribution in [0.3, 0.4) is 0 Å². The van der Waals surface area contributed by atoms with Gasteiger partial charge in [-0.1, -0.05) is 12.1 Å². The van der Waals surface area contributed by atoms with Crippen molar-refractivity contribution in [1.29, 1.82) is 0 Å². The van der Waals surface area contributed by atoms with Gasteiger partial charge in [-0.25, -0.2) is 4.52 Å². The van der Waals surface area contributed by atoms with E-state index in [1.807, 2.05) is 12.1 Å². The van der Waals surface area contributed by atoms with Crippen molar-refractivity contribution in [3.63, 3.8) is 0 Å². The summed E-state index contributed by atoms with van der Waals surface area (Å²) in [6, 6.07) is 10.2. The molecule has 0 aliphatic carbocycles. The van der Waals surface area contributed by atoms with Gasteiger partial charge in [-0.05, 0) is 72.7 Å². The number of hydrogen-bond acceptors (Lipinski definition) is 2. The summed E-state index contributed by atoms with van der Waals surface area (Å²) in [5, 5.41) is 4.04. The van der Waals surface area contributed by atoms with Gasteiger partial charge in [0.1, 0.15) is 5.69 Å². The summed E-state index contributed by atoms with van der Waals surface area (Å²) in [6.45, 7) is 4.12. The van der Waals surface area contributed by atoms with E-state index in [-0.39, 0.29) is 5.54 Å². The molecule has 134 valence electrons. The molecule has 0 unspecified atom stereocenters. The van der Waals surface area contributed by atoms with Gasteiger partial charge in [-0.2, -0.15) is 18.3 Å². The molecule has 0 bridgehead atoms. The van der Waals surface area contributed by atoms with Crippen molar-refractivity contribution in [2.45, 2.75) is 32.0 Å². The van der Waals surface area contributed by atoms with Crippen LogP contribution in [0.15, 0.2) is 47.6 Å². The van der Waals surface area contributed by atoms with Gasteiger partial charge in [0.2, 0.25) is 0 Å². The quantitative estimate of drug-likeness (QED) is 0.455. The SMILES string of the molecule is CC1(C)Cc2c(I)cccc2C(c2cnn3c(C(F)(F)F)ccc3c2)=N1. The van der Waals surface area contributed by atoms with Crippen molar-refractivity contribution >= 4 is 33.8 Å². The van der Waals surface area contributed by atoms with E-state index in [4.69, 9.17) is 4.99 Å². The minimum atomic E-state index is -4.44. The number of alkyl halides is 3. The zero-order valence-electron chi connectivity index (χ0n) is 14.1. The summed E-state index contributed by atoms with van der Waals surface area (Å²) in [5.41, 5.74) is 3.07. The van der Waals surface area contributed by atoms with Gasteiger partial charge in [0, 0.05) is 14.7 Å². The lowest BCUT2D eigenvalue weighted by molar-refractivity contribution is -0.142. The van der Waals surface area contributed by atoms with Gasteiger partial charge in [-0.3, -0.25) is 4.99 Å². The molecular weight excluding hydrogens is 454 g/mol. The smallest absolute Gasteiger partial charge is 0.278 e. The van der Waals surface area contributed by atoms with Crippen molar-refractivity contribution in [2.24, 2.45) is 4.99 Å². The van der Waals surface area contributed by atoms with Gasteiger partial charge in [0.05, 0.1) is 23.0 Å². The predicted octanol–water partition coefficient (Wildman–Crippen LogP) is 5.13. The van der Waals surface area contributed by atoms with Crippen LogP contribution in [0.2, 0.25) is 0 Å². The molecule has 1 aliphatic rings. The molecule has 0 amide bonds. The first-order valence-corrected chi connectivity index (χ1v) is 9.17. The van der Waals surface area contributed by atoms with E-state index < -0.39 is 11.9 Å². The van der Waals surface area contributed by atoms with Crippen molar-refractivity contribution in [3.8, 4) is 0 Å². The number of fused-ring (bicyclic) bond motifs is 2. The molecule has 3 aromatic rings. The van der Waals surface area contributed by atoms with Crippen LogP contribution in [0.25, 0.3) is 5.52 Å². The van der Waals surface area contributed by atoms with Gasteiger partial charge < -0.3 is 0 Å². The average Bonchev–Trinajstić information content (AvgIpc) is 2.98. The van der Waals surface area contributed by atoms with Crippen molar-refractivity contribution in [3.05, 3.63) is 68.5 Å². The van der Waals surface area contributed by atoms with Crippen LogP contribution in [-0.2, 0) is 12.6 Å². The third-order valence-electron chi connectivity index (χ3n) is 4.46. The summed E-state index contributed by atoms with van der Waals surface area (Å²) < 4.78 is 41.3. The Hall–Kier alpha value is -1.90. The lowest BCUT2D eigenvalue weighted by atomic mass is 9.85. The van der Waals surface area contributed by atoms with E-state index in [9.17, 15) is 13.2 Å². The fourth-order valence-corrected chi connectivity index (χ4v) is 4.05. The molecule has 7 heteroatoms. The Kier molecular flexibility index (Phi) is 3.91. The highest BCUT2D eigenvalue weighted by atomic mass is 127. The average molecular weight is 469 g/mol. The maximum atomic E-state index is 13.1. The Morgan fingerprint density at radius 3 is 2.65 bits per heavy atom. The molecule has 2 aromatic heterocycles. The van der Waals surface area contributed by atoms with Crippen LogP contribution < -0.4 is 0 Å². The summed E-state index contributed by atoms with van der Waals surface area (Å²) in [6.07, 6.45) is -2.15. The van der Waals surface area contributed by atoms with Crippen LogP contribution in [-0.4, -0.2) is 20.9 Å². The lowest BCUT2D eigenvalue weighted by Gasteiger charge is -2.30. The number of rotatable bonds is 1. The number of nitrogens with zero attached hydrogens (tertiary/aromatic N) is 3. The van der Waals surface area contributed by atoms with E-state index in [0.29, 0.717) is 5.52 Å². The predicted molar refractivity (Wildman–Crippen MR) is 103 cm³/mol. The maximum absolute atomic E-state index is 13.1. The number of benzene rings is 1. The second-order valence-corrected chi connectivity index (χ2v) is 8.18. The first kappa shape index (κ1) is 17.5. The molecule has 1 aromatic carbocycles. The third-order valence-corrected chi connectivity index (χ3v) is 5.47. The first-order chi connectivity index (χ1) is 12.2. The topological polar surface area (TPSA) is 29.7 Å². The van der Waals surface area contributed by atoms with E-state index in [0.717, 1.165) is 37.4 Å². The van der Waals surface area contributed by atoms with Crippen molar-refractivity contribution in [1.82, 2.24) is 9.61 Å². The molecule has 4 rings (SSSR count). The molecule has 0 saturated carbocycles. The Balaban J connectivity index is 1.90. The zero-order valence-corrected chi connectivity index (χ0v) is 16.3. The minimum absolute atomic E-state index is 0.283. The monoisotopic (exact) mass is 469 g/mol. The highest BCUT2D eigenvalue weighted by Crippen LogP contribution is 2.33. The van der Waals surface area contributed by atoms with E-state index in [1.54, 1.807) is 6.07 Å². The zero-order chi connectivity index (χ0) is 18.7. The molecule has 1 aliphatic heterocycles. The molecule has 0 N–H and O–H groups in total. The number of aliphatic imine (C=N–C) groups is 1. The van der Waals surface area contributed by atoms with E-state index in [1.165, 1.54) is 17.8 Å². The Morgan fingerprint density at radius 1 is 1.15 bits per heavy atom. The van der Waals surface area contributed by atoms with Crippen molar-refractivity contribution in [2.75, 3.05) is 0 Å². The molecule has 0 atom stereocenters. The van der Waals surface area contributed by atoms with Crippen molar-refractivity contribution < 1.29 is 13.2 Å². The highest BCUT2D eigenvalue weighted by molar-refractivity contribution is 14.1. The standard InChI is InChI=1S/C19H15F3IN3/c1-18(2)9-14-13(4-3-5-15(14)23)17(25-18)11-8-12-6-7-16(19(20,21)22)26(12)24-10-11/h3-8,10H,9H2,1-2H3. The van der Waals surface area contributed by atoms with Crippen LogP contribution in [0, 0.1) is 3.57 Å². The maximum Gasteiger partial charge on any atom is 0.433 e. The van der Waals surface area contributed by atoms with Crippen LogP contribution in [0.1, 0.15) is 36.2 Å². The minimum Gasteiger partial charge on any atom is -0.278 e. The molecule has 0 radical (unpaired) electrons. The Bertz CT molecular complexity index is 1050. The first-order valence-electron chi connectivity index (χ1n) is 8.09. The molecule has 3 nitrogen and oxygen atoms in total. The summed E-state index contributed by atoms with van der Waals surface area (Å²) in [7, 11) is 0. The molecule has 0 spiro atoms. The van der Waals surface area contributed by atoms with Crippen LogP contribution in [0.4, 0.5) is 13.2 Å². The lowest BCUT2D eigenvalue weighted by Crippen LogP contribution is -2.30. The highest BCUT2D eigenvalue weighted by Gasteiger charge is 2.35. The molecule has 0 fully saturated rings. The molecular formula is C19H15F3IN3. The summed E-state index contributed by atoms with van der Waals surface area (Å²) in [4.78, 5) is 4.87. The Labute approximate surface area is 162 Å². The van der Waals surface area contributed by atoms with Gasteiger partial charge >= 0.3 is 6.18 Å². The van der Waals surface area contributed by atoms with Gasteiger partial charge in [0.15, 0.2) is 0 Å². The van der Waals surface area contributed by atoms with E-state index in [2.05, 4.69) is 47.6 Å².